The highest BCUT2D eigenvalue weighted by Crippen LogP contribution is 2.24. The summed E-state index contributed by atoms with van der Waals surface area (Å²) >= 11 is 5.83. The van der Waals surface area contributed by atoms with Gasteiger partial charge < -0.3 is 9.67 Å². The number of imidazole rings is 1. The molecule has 0 atom stereocenters. The van der Waals surface area contributed by atoms with Crippen molar-refractivity contribution in [2.45, 2.75) is 19.4 Å². The Morgan fingerprint density at radius 2 is 2.25 bits per heavy atom. The van der Waals surface area contributed by atoms with Crippen molar-refractivity contribution in [3.8, 4) is 5.75 Å². The molecule has 1 heterocycles. The van der Waals surface area contributed by atoms with Gasteiger partial charge in [0.1, 0.15) is 5.75 Å². The maximum atomic E-state index is 9.28. The van der Waals surface area contributed by atoms with Gasteiger partial charge in [-0.25, -0.2) is 4.98 Å². The van der Waals surface area contributed by atoms with E-state index in [1.165, 1.54) is 0 Å². The lowest BCUT2D eigenvalue weighted by Crippen LogP contribution is -1.96. The molecule has 0 aliphatic heterocycles. The lowest BCUT2D eigenvalue weighted by molar-refractivity contribution is 0.475. The Morgan fingerprint density at radius 3 is 2.94 bits per heavy atom. The number of phenols is 1. The van der Waals surface area contributed by atoms with Crippen LogP contribution >= 0.6 is 11.6 Å². The normalized spacial score (nSPS) is 10.6. The minimum Gasteiger partial charge on any atom is -0.506 e. The van der Waals surface area contributed by atoms with E-state index in [9.17, 15) is 5.11 Å². The molecule has 0 fully saturated rings. The third-order valence-corrected chi connectivity index (χ3v) is 2.76. The maximum absolute atomic E-state index is 9.28. The highest BCUT2D eigenvalue weighted by Gasteiger charge is 2.00. The quantitative estimate of drug-likeness (QED) is 0.887. The number of phenolic OH excluding ortho intramolecular Hbond substituents is 1. The molecule has 0 aliphatic carbocycles. The van der Waals surface area contributed by atoms with Crippen molar-refractivity contribution in [1.29, 1.82) is 0 Å². The van der Waals surface area contributed by atoms with Crippen LogP contribution in [-0.2, 0) is 13.0 Å². The third kappa shape index (κ3) is 2.76. The summed E-state index contributed by atoms with van der Waals surface area (Å²) in [5.74, 6) is 0.139. The summed E-state index contributed by atoms with van der Waals surface area (Å²) in [6.45, 7) is 0.943. The van der Waals surface area contributed by atoms with Crippen molar-refractivity contribution in [2.24, 2.45) is 0 Å². The lowest BCUT2D eigenvalue weighted by atomic mass is 10.1. The Bertz CT molecular complexity index is 454. The summed E-state index contributed by atoms with van der Waals surface area (Å²) in [5.41, 5.74) is 1.14. The lowest BCUT2D eigenvalue weighted by Gasteiger charge is -2.04. The summed E-state index contributed by atoms with van der Waals surface area (Å²) in [7, 11) is 0. The largest absolute Gasteiger partial charge is 0.506 e. The van der Waals surface area contributed by atoms with Gasteiger partial charge in [-0.1, -0.05) is 17.7 Å². The molecule has 0 spiro atoms. The van der Waals surface area contributed by atoms with Crippen LogP contribution in [0.3, 0.4) is 0 Å². The van der Waals surface area contributed by atoms with E-state index in [1.54, 1.807) is 12.3 Å². The molecule has 3 nitrogen and oxygen atoms in total. The molecule has 16 heavy (non-hydrogen) atoms. The van der Waals surface area contributed by atoms with Gasteiger partial charge in [-0.15, -0.1) is 0 Å². The van der Waals surface area contributed by atoms with Crippen LogP contribution in [0.5, 0.6) is 5.75 Å². The minimum absolute atomic E-state index is 0.139. The molecule has 0 radical (unpaired) electrons. The van der Waals surface area contributed by atoms with Crippen LogP contribution in [0.2, 0.25) is 5.02 Å². The van der Waals surface area contributed by atoms with Crippen LogP contribution in [0, 0.1) is 0 Å². The first-order valence-electron chi connectivity index (χ1n) is 5.19. The molecule has 1 aromatic carbocycles. The van der Waals surface area contributed by atoms with E-state index >= 15 is 0 Å². The van der Waals surface area contributed by atoms with Gasteiger partial charge in [0, 0.05) is 18.9 Å². The average molecular weight is 237 g/mol. The van der Waals surface area contributed by atoms with Gasteiger partial charge in [-0.3, -0.25) is 0 Å². The maximum Gasteiger partial charge on any atom is 0.134 e. The number of hydrogen-bond acceptors (Lipinski definition) is 2. The number of aromatic hydroxyl groups is 1. The van der Waals surface area contributed by atoms with Crippen LogP contribution in [0.1, 0.15) is 12.0 Å². The van der Waals surface area contributed by atoms with E-state index in [1.807, 2.05) is 29.2 Å². The summed E-state index contributed by atoms with van der Waals surface area (Å²) in [6, 6.07) is 5.34. The van der Waals surface area contributed by atoms with Crippen molar-refractivity contribution < 1.29 is 5.11 Å². The number of aromatic nitrogens is 2. The van der Waals surface area contributed by atoms with Gasteiger partial charge in [-0.2, -0.15) is 0 Å². The zero-order chi connectivity index (χ0) is 11.4. The number of aryl methyl sites for hydroxylation is 2. The molecule has 0 aliphatic rings. The Morgan fingerprint density at radius 1 is 1.38 bits per heavy atom. The van der Waals surface area contributed by atoms with Gasteiger partial charge in [0.15, 0.2) is 0 Å². The molecule has 4 heteroatoms. The fraction of sp³-hybridized carbons (Fsp3) is 0.250. The van der Waals surface area contributed by atoms with Crippen LogP contribution in [0.25, 0.3) is 0 Å². The van der Waals surface area contributed by atoms with Gasteiger partial charge in [-0.05, 0) is 30.5 Å². The molecule has 0 bridgehead atoms. The summed E-state index contributed by atoms with van der Waals surface area (Å²) in [4.78, 5) is 3.98. The van der Waals surface area contributed by atoms with Gasteiger partial charge >= 0.3 is 0 Å². The van der Waals surface area contributed by atoms with E-state index in [0.29, 0.717) is 5.02 Å². The predicted molar refractivity (Wildman–Crippen MR) is 63.7 cm³/mol. The van der Waals surface area contributed by atoms with Gasteiger partial charge in [0.2, 0.25) is 0 Å². The molecule has 1 aromatic heterocycles. The summed E-state index contributed by atoms with van der Waals surface area (Å²) < 4.78 is 2.04. The van der Waals surface area contributed by atoms with Crippen LogP contribution in [-0.4, -0.2) is 14.7 Å². The average Bonchev–Trinajstić information content (AvgIpc) is 2.76. The first-order valence-corrected chi connectivity index (χ1v) is 5.56. The predicted octanol–water partition coefficient (Wildman–Crippen LogP) is 2.87. The molecule has 84 valence electrons. The first kappa shape index (κ1) is 11.0. The van der Waals surface area contributed by atoms with Crippen molar-refractivity contribution >= 4 is 11.6 Å². The van der Waals surface area contributed by atoms with Crippen molar-refractivity contribution in [3.63, 3.8) is 0 Å². The SMILES string of the molecule is Oc1ccc(CCCn2ccnc2)cc1Cl. The van der Waals surface area contributed by atoms with E-state index in [4.69, 9.17) is 11.6 Å². The second-order valence-corrected chi connectivity index (χ2v) is 4.10. The fourth-order valence-corrected chi connectivity index (χ4v) is 1.79. The number of benzene rings is 1. The van der Waals surface area contributed by atoms with E-state index in [0.717, 1.165) is 24.9 Å². The van der Waals surface area contributed by atoms with Crippen molar-refractivity contribution in [3.05, 3.63) is 47.5 Å². The number of rotatable bonds is 4. The van der Waals surface area contributed by atoms with E-state index in [2.05, 4.69) is 4.98 Å². The van der Waals surface area contributed by atoms with Crippen molar-refractivity contribution in [2.75, 3.05) is 0 Å². The van der Waals surface area contributed by atoms with Crippen LogP contribution < -0.4 is 0 Å². The topological polar surface area (TPSA) is 38.0 Å². The molecular formula is C12H13ClN2O. The van der Waals surface area contributed by atoms with Crippen LogP contribution in [0.4, 0.5) is 0 Å². The van der Waals surface area contributed by atoms with Gasteiger partial charge in [0.25, 0.3) is 0 Å². The Balaban J connectivity index is 1.87. The molecule has 0 saturated heterocycles. The molecule has 0 saturated carbocycles. The molecule has 0 unspecified atom stereocenters. The zero-order valence-electron chi connectivity index (χ0n) is 8.81. The number of halogens is 1. The number of nitrogens with zero attached hydrogens (tertiary/aromatic N) is 2. The minimum atomic E-state index is 0.139. The highest BCUT2D eigenvalue weighted by atomic mass is 35.5. The number of hydrogen-bond donors (Lipinski definition) is 1. The molecular weight excluding hydrogens is 224 g/mol. The smallest absolute Gasteiger partial charge is 0.134 e. The van der Waals surface area contributed by atoms with E-state index < -0.39 is 0 Å². The monoisotopic (exact) mass is 236 g/mol. The Hall–Kier alpha value is -1.48. The zero-order valence-corrected chi connectivity index (χ0v) is 9.56. The fourth-order valence-electron chi connectivity index (χ4n) is 1.59. The van der Waals surface area contributed by atoms with Crippen LogP contribution in [0.15, 0.2) is 36.9 Å². The van der Waals surface area contributed by atoms with E-state index in [-0.39, 0.29) is 5.75 Å². The summed E-state index contributed by atoms with van der Waals surface area (Å²) in [5, 5.41) is 9.69. The first-order chi connectivity index (χ1) is 7.75. The van der Waals surface area contributed by atoms with Crippen molar-refractivity contribution in [1.82, 2.24) is 9.55 Å². The molecule has 2 aromatic rings. The summed E-state index contributed by atoms with van der Waals surface area (Å²) in [6.07, 6.45) is 7.50. The highest BCUT2D eigenvalue weighted by molar-refractivity contribution is 6.32. The molecule has 0 amide bonds. The second-order valence-electron chi connectivity index (χ2n) is 3.69. The van der Waals surface area contributed by atoms with Gasteiger partial charge in [0.05, 0.1) is 11.3 Å². The molecule has 1 N–H and O–H groups in total. The third-order valence-electron chi connectivity index (χ3n) is 2.45. The Kier molecular flexibility index (Phi) is 3.47. The molecule has 2 rings (SSSR count). The second kappa shape index (κ2) is 5.03. The Labute approximate surface area is 99.3 Å². The standard InChI is InChI=1S/C12H13ClN2O/c13-11-8-10(3-4-12(11)16)2-1-6-15-7-5-14-9-15/h3-5,7-9,16H,1-2,6H2.